The highest BCUT2D eigenvalue weighted by Gasteiger charge is 2.31. The molecule has 0 heterocycles. The van der Waals surface area contributed by atoms with Gasteiger partial charge in [-0.2, -0.15) is 13.2 Å². The number of nitrogens with two attached hydrogens (primary N) is 1. The van der Waals surface area contributed by atoms with E-state index >= 15 is 0 Å². The molecule has 20 heavy (non-hydrogen) atoms. The molecule has 0 saturated heterocycles. The SMILES string of the molecule is C=C(/C(N)=C\C/C=C(\CC)C(F)(F)F)C(C)/C=C\CC. The van der Waals surface area contributed by atoms with E-state index in [4.69, 9.17) is 5.73 Å². The molecule has 1 unspecified atom stereocenters. The van der Waals surface area contributed by atoms with Crippen LogP contribution in [0.4, 0.5) is 13.2 Å². The van der Waals surface area contributed by atoms with E-state index in [1.165, 1.54) is 13.0 Å². The number of allylic oxidation sites excluding steroid dienone is 6. The maximum absolute atomic E-state index is 12.5. The van der Waals surface area contributed by atoms with Crippen molar-refractivity contribution in [2.45, 2.75) is 46.2 Å². The van der Waals surface area contributed by atoms with Crippen molar-refractivity contribution in [2.24, 2.45) is 11.7 Å². The summed E-state index contributed by atoms with van der Waals surface area (Å²) < 4.78 is 37.6. The van der Waals surface area contributed by atoms with Gasteiger partial charge in [0.2, 0.25) is 0 Å². The van der Waals surface area contributed by atoms with Crippen molar-refractivity contribution in [3.8, 4) is 0 Å². The van der Waals surface area contributed by atoms with E-state index in [9.17, 15) is 13.2 Å². The summed E-state index contributed by atoms with van der Waals surface area (Å²) in [4.78, 5) is 0. The molecule has 114 valence electrons. The third-order valence-corrected chi connectivity index (χ3v) is 3.03. The molecule has 0 bridgehead atoms. The standard InChI is InChI=1S/C16H24F3N/c1-5-7-9-12(3)13(4)15(20)11-8-10-14(6-2)16(17,18)19/h7,9-12H,4-6,8,20H2,1-3H3/b9-7-,14-10+,15-11+. The molecule has 4 heteroatoms. The van der Waals surface area contributed by atoms with Crippen LogP contribution in [0.2, 0.25) is 0 Å². The molecule has 2 N–H and O–H groups in total. The molecule has 0 aliphatic heterocycles. The zero-order chi connectivity index (χ0) is 15.8. The zero-order valence-electron chi connectivity index (χ0n) is 12.4. The van der Waals surface area contributed by atoms with Gasteiger partial charge in [0.1, 0.15) is 0 Å². The first kappa shape index (κ1) is 18.6. The fourth-order valence-electron chi connectivity index (χ4n) is 1.64. The Bertz CT molecular complexity index is 400. The second-order valence-electron chi connectivity index (χ2n) is 4.63. The maximum Gasteiger partial charge on any atom is 0.412 e. The minimum absolute atomic E-state index is 0.0339. The molecule has 0 spiro atoms. The minimum atomic E-state index is -4.26. The van der Waals surface area contributed by atoms with Gasteiger partial charge in [0.25, 0.3) is 0 Å². The van der Waals surface area contributed by atoms with Gasteiger partial charge in [-0.25, -0.2) is 0 Å². The predicted octanol–water partition coefficient (Wildman–Crippen LogP) is 5.28. The predicted molar refractivity (Wildman–Crippen MR) is 79.1 cm³/mol. The van der Waals surface area contributed by atoms with Crippen molar-refractivity contribution < 1.29 is 13.2 Å². The highest BCUT2D eigenvalue weighted by atomic mass is 19.4. The summed E-state index contributed by atoms with van der Waals surface area (Å²) in [6.07, 6.45) is 3.56. The lowest BCUT2D eigenvalue weighted by Gasteiger charge is -2.11. The molecule has 0 aliphatic carbocycles. The Balaban J connectivity index is 4.71. The Morgan fingerprint density at radius 1 is 1.25 bits per heavy atom. The van der Waals surface area contributed by atoms with Crippen molar-refractivity contribution in [1.82, 2.24) is 0 Å². The summed E-state index contributed by atoms with van der Waals surface area (Å²) >= 11 is 0. The summed E-state index contributed by atoms with van der Waals surface area (Å²) in [7, 11) is 0. The largest absolute Gasteiger partial charge is 0.412 e. The average molecular weight is 287 g/mol. The smallest absolute Gasteiger partial charge is 0.399 e. The number of hydrogen-bond donors (Lipinski definition) is 1. The van der Waals surface area contributed by atoms with E-state index in [2.05, 4.69) is 6.58 Å². The van der Waals surface area contributed by atoms with Crippen LogP contribution in [0.5, 0.6) is 0 Å². The molecule has 0 radical (unpaired) electrons. The van der Waals surface area contributed by atoms with E-state index < -0.39 is 11.7 Å². The number of rotatable bonds is 7. The summed E-state index contributed by atoms with van der Waals surface area (Å²) in [5.41, 5.74) is 6.50. The van der Waals surface area contributed by atoms with E-state index in [0.29, 0.717) is 5.70 Å². The van der Waals surface area contributed by atoms with Crippen LogP contribution in [0.1, 0.15) is 40.0 Å². The van der Waals surface area contributed by atoms with E-state index in [1.54, 1.807) is 6.08 Å². The van der Waals surface area contributed by atoms with Gasteiger partial charge in [0.15, 0.2) is 0 Å². The van der Waals surface area contributed by atoms with Crippen LogP contribution >= 0.6 is 0 Å². The van der Waals surface area contributed by atoms with Crippen LogP contribution in [0.15, 0.2) is 47.7 Å². The molecule has 1 nitrogen and oxygen atoms in total. The molecule has 0 rings (SSSR count). The molecular weight excluding hydrogens is 263 g/mol. The normalized spacial score (nSPS) is 15.7. The van der Waals surface area contributed by atoms with Crippen molar-refractivity contribution >= 4 is 0 Å². The van der Waals surface area contributed by atoms with Crippen molar-refractivity contribution in [3.05, 3.63) is 47.7 Å². The van der Waals surface area contributed by atoms with Crippen molar-refractivity contribution in [2.75, 3.05) is 0 Å². The fourth-order valence-corrected chi connectivity index (χ4v) is 1.64. The van der Waals surface area contributed by atoms with Crippen LogP contribution in [-0.4, -0.2) is 6.18 Å². The van der Waals surface area contributed by atoms with Gasteiger partial charge in [-0.05, 0) is 24.8 Å². The Morgan fingerprint density at radius 2 is 1.85 bits per heavy atom. The monoisotopic (exact) mass is 287 g/mol. The van der Waals surface area contributed by atoms with Gasteiger partial charge in [-0.3, -0.25) is 0 Å². The number of hydrogen-bond acceptors (Lipinski definition) is 1. The second kappa shape index (κ2) is 8.67. The molecule has 0 saturated carbocycles. The first-order valence-corrected chi connectivity index (χ1v) is 6.81. The van der Waals surface area contributed by atoms with Gasteiger partial charge < -0.3 is 5.73 Å². The zero-order valence-corrected chi connectivity index (χ0v) is 12.4. The highest BCUT2D eigenvalue weighted by molar-refractivity contribution is 5.30. The van der Waals surface area contributed by atoms with E-state index in [-0.39, 0.29) is 18.8 Å². The number of halogens is 3. The summed E-state index contributed by atoms with van der Waals surface area (Å²) in [6, 6.07) is 0. The molecule has 0 aromatic rings. The lowest BCUT2D eigenvalue weighted by Crippen LogP contribution is -2.11. The molecule has 0 aliphatic rings. The van der Waals surface area contributed by atoms with Gasteiger partial charge in [0.05, 0.1) is 0 Å². The topological polar surface area (TPSA) is 26.0 Å². The molecular formula is C16H24F3N. The van der Waals surface area contributed by atoms with Crippen LogP contribution < -0.4 is 5.73 Å². The van der Waals surface area contributed by atoms with Gasteiger partial charge in [0, 0.05) is 17.2 Å². The van der Waals surface area contributed by atoms with Crippen LogP contribution in [-0.2, 0) is 0 Å². The lowest BCUT2D eigenvalue weighted by atomic mass is 9.98. The Morgan fingerprint density at radius 3 is 2.30 bits per heavy atom. The molecule has 1 atom stereocenters. The lowest BCUT2D eigenvalue weighted by molar-refractivity contribution is -0.0937. The first-order chi connectivity index (χ1) is 9.23. The van der Waals surface area contributed by atoms with Gasteiger partial charge >= 0.3 is 6.18 Å². The third kappa shape index (κ3) is 6.64. The maximum atomic E-state index is 12.5. The van der Waals surface area contributed by atoms with Crippen molar-refractivity contribution in [1.29, 1.82) is 0 Å². The van der Waals surface area contributed by atoms with Crippen LogP contribution in [0, 0.1) is 5.92 Å². The van der Waals surface area contributed by atoms with Crippen LogP contribution in [0.25, 0.3) is 0 Å². The van der Waals surface area contributed by atoms with Crippen molar-refractivity contribution in [3.63, 3.8) is 0 Å². The van der Waals surface area contributed by atoms with E-state index in [1.807, 2.05) is 26.0 Å². The first-order valence-electron chi connectivity index (χ1n) is 6.81. The van der Waals surface area contributed by atoms with Gasteiger partial charge in [-0.15, -0.1) is 0 Å². The van der Waals surface area contributed by atoms with E-state index in [0.717, 1.165) is 12.0 Å². The Hall–Kier alpha value is -1.45. The molecule has 0 amide bonds. The van der Waals surface area contributed by atoms with Gasteiger partial charge in [-0.1, -0.05) is 51.7 Å². The second-order valence-corrected chi connectivity index (χ2v) is 4.63. The summed E-state index contributed by atoms with van der Waals surface area (Å²) in [5.74, 6) is 0.0865. The molecule has 0 fully saturated rings. The molecule has 0 aromatic carbocycles. The average Bonchev–Trinajstić information content (AvgIpc) is 2.38. The summed E-state index contributed by atoms with van der Waals surface area (Å²) in [5, 5.41) is 0. The summed E-state index contributed by atoms with van der Waals surface area (Å²) in [6.45, 7) is 9.36. The highest BCUT2D eigenvalue weighted by Crippen LogP contribution is 2.28. The molecule has 0 aromatic heterocycles. The Labute approximate surface area is 119 Å². The van der Waals surface area contributed by atoms with Crippen LogP contribution in [0.3, 0.4) is 0 Å². The third-order valence-electron chi connectivity index (χ3n) is 3.03. The Kier molecular flexibility index (Phi) is 8.04. The number of alkyl halides is 3. The minimum Gasteiger partial charge on any atom is -0.399 e. The fraction of sp³-hybridized carbons (Fsp3) is 0.500. The quantitative estimate of drug-likeness (QED) is 0.500.